The quantitative estimate of drug-likeness (QED) is 0.523. The lowest BCUT2D eigenvalue weighted by atomic mass is 9.87. The number of hydrogen-bond donors (Lipinski definition) is 0. The Morgan fingerprint density at radius 2 is 1.55 bits per heavy atom. The lowest BCUT2D eigenvalue weighted by molar-refractivity contribution is -0.137. The van der Waals surface area contributed by atoms with Gasteiger partial charge in [0.1, 0.15) is 0 Å². The highest BCUT2D eigenvalue weighted by Gasteiger charge is 2.34. The molecule has 2 fully saturated rings. The first kappa shape index (κ1) is 20.8. The van der Waals surface area contributed by atoms with Crippen molar-refractivity contribution in [3.05, 3.63) is 63.1 Å². The number of carbonyl (C=O) groups excluding carboxylic acids is 1. The van der Waals surface area contributed by atoms with Crippen LogP contribution in [0.25, 0.3) is 0 Å². The van der Waals surface area contributed by atoms with Crippen LogP contribution in [0.4, 0.5) is 5.69 Å². The molecule has 1 aliphatic carbocycles. The predicted molar refractivity (Wildman–Crippen MR) is 121 cm³/mol. The summed E-state index contributed by atoms with van der Waals surface area (Å²) in [4.78, 5) is 17.5. The first-order valence-electron chi connectivity index (χ1n) is 10.3. The molecule has 0 spiro atoms. The van der Waals surface area contributed by atoms with Gasteiger partial charge >= 0.3 is 0 Å². The Labute approximate surface area is 187 Å². The summed E-state index contributed by atoms with van der Waals surface area (Å²) >= 11 is 18.8. The molecule has 29 heavy (non-hydrogen) atoms. The third-order valence-electron chi connectivity index (χ3n) is 6.12. The molecular formula is C23H25Cl3N2O. The van der Waals surface area contributed by atoms with E-state index in [2.05, 4.69) is 9.80 Å². The Balaban J connectivity index is 1.62. The smallest absolute Gasteiger partial charge is 0.225 e. The van der Waals surface area contributed by atoms with E-state index >= 15 is 0 Å². The van der Waals surface area contributed by atoms with Gasteiger partial charge < -0.3 is 9.80 Å². The van der Waals surface area contributed by atoms with Crippen LogP contribution >= 0.6 is 34.8 Å². The van der Waals surface area contributed by atoms with Crippen molar-refractivity contribution in [2.75, 3.05) is 24.5 Å². The van der Waals surface area contributed by atoms with Gasteiger partial charge in [0, 0.05) is 35.6 Å². The number of anilines is 1. The normalized spacial score (nSPS) is 20.7. The molecule has 2 aliphatic rings. The maximum atomic E-state index is 13.2. The Hall–Kier alpha value is -1.42. The lowest BCUT2D eigenvalue weighted by Crippen LogP contribution is -2.52. The first-order chi connectivity index (χ1) is 14.0. The van der Waals surface area contributed by atoms with Crippen molar-refractivity contribution in [2.45, 2.75) is 38.1 Å². The summed E-state index contributed by atoms with van der Waals surface area (Å²) in [5.74, 6) is 0.491. The van der Waals surface area contributed by atoms with Gasteiger partial charge in [-0.3, -0.25) is 4.79 Å². The molecule has 1 atom stereocenters. The van der Waals surface area contributed by atoms with Crippen LogP contribution in [0.1, 0.15) is 43.7 Å². The minimum atomic E-state index is 0.0206. The van der Waals surface area contributed by atoms with Crippen molar-refractivity contribution < 1.29 is 4.79 Å². The standard InChI is InChI=1S/C23H25Cl3N2O/c24-18-8-6-16(7-9-18)22-15-27(23(29)17-4-2-1-3-5-17)12-13-28(22)21-11-10-19(25)14-20(21)26/h6-11,14,17,22H,1-5,12-13,15H2. The van der Waals surface area contributed by atoms with Crippen LogP contribution in [-0.4, -0.2) is 30.4 Å². The maximum Gasteiger partial charge on any atom is 0.225 e. The average Bonchev–Trinajstić information content (AvgIpc) is 2.74. The summed E-state index contributed by atoms with van der Waals surface area (Å²) in [6.07, 6.45) is 5.62. The van der Waals surface area contributed by atoms with Crippen LogP contribution in [0.15, 0.2) is 42.5 Å². The van der Waals surface area contributed by atoms with Gasteiger partial charge in [0.25, 0.3) is 0 Å². The third kappa shape index (κ3) is 4.68. The Kier molecular flexibility index (Phi) is 6.58. The second-order valence-corrected chi connectivity index (χ2v) is 9.26. The van der Waals surface area contributed by atoms with Crippen LogP contribution in [0.5, 0.6) is 0 Å². The summed E-state index contributed by atoms with van der Waals surface area (Å²) in [6.45, 7) is 2.08. The van der Waals surface area contributed by atoms with E-state index < -0.39 is 0 Å². The highest BCUT2D eigenvalue weighted by molar-refractivity contribution is 6.36. The fourth-order valence-corrected chi connectivity index (χ4v) is 5.21. The highest BCUT2D eigenvalue weighted by Crippen LogP contribution is 2.37. The second-order valence-electron chi connectivity index (χ2n) is 7.98. The summed E-state index contributed by atoms with van der Waals surface area (Å²) < 4.78 is 0. The van der Waals surface area contributed by atoms with Gasteiger partial charge in [0.2, 0.25) is 5.91 Å². The van der Waals surface area contributed by atoms with Gasteiger partial charge in [0.15, 0.2) is 0 Å². The Bertz CT molecular complexity index is 865. The molecule has 0 N–H and O–H groups in total. The van der Waals surface area contributed by atoms with Gasteiger partial charge in [-0.1, -0.05) is 66.2 Å². The summed E-state index contributed by atoms with van der Waals surface area (Å²) in [5.41, 5.74) is 2.07. The molecule has 2 aromatic rings. The summed E-state index contributed by atoms with van der Waals surface area (Å²) in [5, 5.41) is 1.95. The molecule has 1 unspecified atom stereocenters. The maximum absolute atomic E-state index is 13.2. The minimum Gasteiger partial charge on any atom is -0.360 e. The fraction of sp³-hybridized carbons (Fsp3) is 0.435. The van der Waals surface area contributed by atoms with E-state index in [4.69, 9.17) is 34.8 Å². The van der Waals surface area contributed by atoms with Crippen LogP contribution in [0.2, 0.25) is 15.1 Å². The van der Waals surface area contributed by atoms with E-state index in [9.17, 15) is 4.79 Å². The monoisotopic (exact) mass is 450 g/mol. The van der Waals surface area contributed by atoms with Gasteiger partial charge in [-0.2, -0.15) is 0 Å². The van der Waals surface area contributed by atoms with E-state index in [1.807, 2.05) is 36.4 Å². The van der Waals surface area contributed by atoms with E-state index in [1.54, 1.807) is 6.07 Å². The summed E-state index contributed by atoms with van der Waals surface area (Å²) in [6, 6.07) is 13.5. The number of halogens is 3. The molecular weight excluding hydrogens is 427 g/mol. The van der Waals surface area contributed by atoms with Crippen LogP contribution in [0.3, 0.4) is 0 Å². The zero-order valence-corrected chi connectivity index (χ0v) is 18.6. The molecule has 1 amide bonds. The average molecular weight is 452 g/mol. The second kappa shape index (κ2) is 9.16. The van der Waals surface area contributed by atoms with Crippen molar-refractivity contribution in [2.24, 2.45) is 5.92 Å². The van der Waals surface area contributed by atoms with Gasteiger partial charge in [-0.05, 0) is 48.7 Å². The Morgan fingerprint density at radius 1 is 0.862 bits per heavy atom. The number of nitrogens with zero attached hydrogens (tertiary/aromatic N) is 2. The van der Waals surface area contributed by atoms with E-state index in [0.717, 1.165) is 43.5 Å². The van der Waals surface area contributed by atoms with E-state index in [-0.39, 0.29) is 12.0 Å². The molecule has 1 saturated carbocycles. The van der Waals surface area contributed by atoms with Crippen molar-refractivity contribution in [1.82, 2.24) is 4.90 Å². The molecule has 4 rings (SSSR count). The molecule has 0 aromatic heterocycles. The number of carbonyl (C=O) groups is 1. The van der Waals surface area contributed by atoms with Crippen molar-refractivity contribution in [3.8, 4) is 0 Å². The number of benzene rings is 2. The number of hydrogen-bond acceptors (Lipinski definition) is 2. The van der Waals surface area contributed by atoms with Crippen molar-refractivity contribution in [3.63, 3.8) is 0 Å². The van der Waals surface area contributed by atoms with Gasteiger partial charge in [-0.15, -0.1) is 0 Å². The molecule has 0 bridgehead atoms. The predicted octanol–water partition coefficient (Wildman–Crippen LogP) is 6.62. The molecule has 1 heterocycles. The topological polar surface area (TPSA) is 23.6 Å². The largest absolute Gasteiger partial charge is 0.360 e. The molecule has 154 valence electrons. The summed E-state index contributed by atoms with van der Waals surface area (Å²) in [7, 11) is 0. The van der Waals surface area contributed by atoms with E-state index in [1.165, 1.54) is 6.42 Å². The first-order valence-corrected chi connectivity index (χ1v) is 11.4. The molecule has 2 aromatic carbocycles. The molecule has 1 aliphatic heterocycles. The SMILES string of the molecule is O=C(C1CCCCC1)N1CCN(c2ccc(Cl)cc2Cl)C(c2ccc(Cl)cc2)C1. The number of amides is 1. The highest BCUT2D eigenvalue weighted by atomic mass is 35.5. The molecule has 3 nitrogen and oxygen atoms in total. The van der Waals surface area contributed by atoms with Crippen LogP contribution < -0.4 is 4.90 Å². The zero-order valence-electron chi connectivity index (χ0n) is 16.3. The third-order valence-corrected chi connectivity index (χ3v) is 6.91. The van der Waals surface area contributed by atoms with Gasteiger partial charge in [-0.25, -0.2) is 0 Å². The van der Waals surface area contributed by atoms with E-state index in [0.29, 0.717) is 34.1 Å². The van der Waals surface area contributed by atoms with Crippen molar-refractivity contribution in [1.29, 1.82) is 0 Å². The zero-order chi connectivity index (χ0) is 20.4. The molecule has 0 radical (unpaired) electrons. The fourth-order valence-electron chi connectivity index (χ4n) is 4.56. The lowest BCUT2D eigenvalue weighted by Gasteiger charge is -2.44. The number of piperazine rings is 1. The van der Waals surface area contributed by atoms with Gasteiger partial charge in [0.05, 0.1) is 16.8 Å². The minimum absolute atomic E-state index is 0.0206. The molecule has 1 saturated heterocycles. The molecule has 6 heteroatoms. The number of rotatable bonds is 3. The Morgan fingerprint density at radius 3 is 2.24 bits per heavy atom. The van der Waals surface area contributed by atoms with Crippen LogP contribution in [0, 0.1) is 5.92 Å². The van der Waals surface area contributed by atoms with Crippen molar-refractivity contribution >= 4 is 46.4 Å². The van der Waals surface area contributed by atoms with Crippen LogP contribution in [-0.2, 0) is 4.79 Å².